The zero-order chi connectivity index (χ0) is 17.4. The molecular weight excluding hydrogens is 314 g/mol. The molecule has 0 radical (unpaired) electrons. The number of benzene rings is 2. The summed E-state index contributed by atoms with van der Waals surface area (Å²) in [5.41, 5.74) is 3.08. The number of nitro benzene ring substituents is 1. The fourth-order valence-corrected chi connectivity index (χ4v) is 1.71. The molecule has 0 saturated carbocycles. The molecule has 0 saturated heterocycles. The molecule has 0 aliphatic carbocycles. The predicted molar refractivity (Wildman–Crippen MR) is 87.3 cm³/mol. The SMILES string of the molecule is COc1ccc(/C=N/NC(=O)COc2ccc([N+](=O)[O-])cc2)cc1. The van der Waals surface area contributed by atoms with Gasteiger partial charge in [0.15, 0.2) is 6.61 Å². The molecule has 1 N–H and O–H groups in total. The van der Waals surface area contributed by atoms with E-state index >= 15 is 0 Å². The fourth-order valence-electron chi connectivity index (χ4n) is 1.71. The molecule has 0 bridgehead atoms. The van der Waals surface area contributed by atoms with Gasteiger partial charge in [0, 0.05) is 12.1 Å². The molecule has 0 spiro atoms. The Labute approximate surface area is 137 Å². The quantitative estimate of drug-likeness (QED) is 0.476. The predicted octanol–water partition coefficient (Wildman–Crippen LogP) is 2.13. The van der Waals surface area contributed by atoms with Gasteiger partial charge in [-0.25, -0.2) is 5.43 Å². The van der Waals surface area contributed by atoms with Gasteiger partial charge in [-0.3, -0.25) is 14.9 Å². The summed E-state index contributed by atoms with van der Waals surface area (Å²) >= 11 is 0. The second-order valence-electron chi connectivity index (χ2n) is 4.61. The number of rotatable bonds is 7. The van der Waals surface area contributed by atoms with Crippen molar-refractivity contribution >= 4 is 17.8 Å². The van der Waals surface area contributed by atoms with Crippen molar-refractivity contribution in [1.82, 2.24) is 5.43 Å². The third-order valence-corrected chi connectivity index (χ3v) is 2.94. The van der Waals surface area contributed by atoms with Gasteiger partial charge in [0.25, 0.3) is 11.6 Å². The van der Waals surface area contributed by atoms with Crippen molar-refractivity contribution < 1.29 is 19.2 Å². The molecule has 0 fully saturated rings. The number of carbonyl (C=O) groups is 1. The van der Waals surface area contributed by atoms with Crippen LogP contribution in [-0.4, -0.2) is 30.8 Å². The van der Waals surface area contributed by atoms with Gasteiger partial charge in [0.1, 0.15) is 11.5 Å². The van der Waals surface area contributed by atoms with Crippen LogP contribution >= 0.6 is 0 Å². The van der Waals surface area contributed by atoms with Crippen LogP contribution in [0.2, 0.25) is 0 Å². The molecule has 0 aliphatic heterocycles. The molecule has 8 nitrogen and oxygen atoms in total. The van der Waals surface area contributed by atoms with Gasteiger partial charge in [-0.05, 0) is 42.0 Å². The van der Waals surface area contributed by atoms with Crippen LogP contribution in [0.5, 0.6) is 11.5 Å². The van der Waals surface area contributed by atoms with Crippen LogP contribution in [0.1, 0.15) is 5.56 Å². The number of amides is 1. The molecule has 2 aromatic carbocycles. The molecule has 0 aliphatic rings. The molecule has 0 unspecified atom stereocenters. The molecule has 0 atom stereocenters. The number of hydrazone groups is 1. The summed E-state index contributed by atoms with van der Waals surface area (Å²) in [4.78, 5) is 21.6. The smallest absolute Gasteiger partial charge is 0.277 e. The highest BCUT2D eigenvalue weighted by Gasteiger charge is 2.06. The topological polar surface area (TPSA) is 103 Å². The Morgan fingerprint density at radius 1 is 1.17 bits per heavy atom. The average Bonchev–Trinajstić information content (AvgIpc) is 2.61. The van der Waals surface area contributed by atoms with Crippen LogP contribution in [0.3, 0.4) is 0 Å². The number of hydrogen-bond donors (Lipinski definition) is 1. The lowest BCUT2D eigenvalue weighted by atomic mass is 10.2. The van der Waals surface area contributed by atoms with E-state index in [1.165, 1.54) is 30.5 Å². The summed E-state index contributed by atoms with van der Waals surface area (Å²) in [6, 6.07) is 12.6. The van der Waals surface area contributed by atoms with Crippen LogP contribution in [0.25, 0.3) is 0 Å². The molecule has 2 aromatic rings. The van der Waals surface area contributed by atoms with Gasteiger partial charge in [-0.2, -0.15) is 5.10 Å². The molecule has 0 aromatic heterocycles. The van der Waals surface area contributed by atoms with Crippen molar-refractivity contribution in [1.29, 1.82) is 0 Å². The average molecular weight is 329 g/mol. The van der Waals surface area contributed by atoms with Gasteiger partial charge in [-0.15, -0.1) is 0 Å². The first-order chi connectivity index (χ1) is 11.6. The van der Waals surface area contributed by atoms with E-state index in [1.54, 1.807) is 31.4 Å². The lowest BCUT2D eigenvalue weighted by Gasteiger charge is -2.04. The lowest BCUT2D eigenvalue weighted by molar-refractivity contribution is -0.384. The number of nitrogens with one attached hydrogen (secondary N) is 1. The van der Waals surface area contributed by atoms with Gasteiger partial charge < -0.3 is 9.47 Å². The van der Waals surface area contributed by atoms with Crippen molar-refractivity contribution in [3.63, 3.8) is 0 Å². The number of ether oxygens (including phenoxy) is 2. The third-order valence-electron chi connectivity index (χ3n) is 2.94. The Bertz CT molecular complexity index is 726. The van der Waals surface area contributed by atoms with Gasteiger partial charge in [-0.1, -0.05) is 0 Å². The van der Waals surface area contributed by atoms with E-state index in [0.29, 0.717) is 5.75 Å². The van der Waals surface area contributed by atoms with Crippen LogP contribution in [0.4, 0.5) is 5.69 Å². The zero-order valence-corrected chi connectivity index (χ0v) is 12.8. The van der Waals surface area contributed by atoms with Crippen LogP contribution in [-0.2, 0) is 4.79 Å². The summed E-state index contributed by atoms with van der Waals surface area (Å²) in [6.07, 6.45) is 1.49. The van der Waals surface area contributed by atoms with E-state index in [2.05, 4.69) is 10.5 Å². The summed E-state index contributed by atoms with van der Waals surface area (Å²) in [6.45, 7) is -0.252. The highest BCUT2D eigenvalue weighted by molar-refractivity contribution is 5.83. The Balaban J connectivity index is 1.78. The number of carbonyl (C=O) groups excluding carboxylic acids is 1. The van der Waals surface area contributed by atoms with E-state index in [1.807, 2.05) is 0 Å². The lowest BCUT2D eigenvalue weighted by Crippen LogP contribution is -2.24. The maximum Gasteiger partial charge on any atom is 0.277 e. The molecule has 124 valence electrons. The van der Waals surface area contributed by atoms with E-state index in [4.69, 9.17) is 9.47 Å². The summed E-state index contributed by atoms with van der Waals surface area (Å²) < 4.78 is 10.2. The van der Waals surface area contributed by atoms with Crippen molar-refractivity contribution in [3.8, 4) is 11.5 Å². The molecular formula is C16H15N3O5. The van der Waals surface area contributed by atoms with Crippen molar-refractivity contribution in [3.05, 3.63) is 64.2 Å². The van der Waals surface area contributed by atoms with Crippen LogP contribution < -0.4 is 14.9 Å². The Kier molecular flexibility index (Phi) is 5.84. The first-order valence-electron chi connectivity index (χ1n) is 6.91. The first kappa shape index (κ1) is 16.9. The Morgan fingerprint density at radius 3 is 2.38 bits per heavy atom. The minimum absolute atomic E-state index is 0.0455. The number of non-ortho nitro benzene ring substituents is 1. The largest absolute Gasteiger partial charge is 0.497 e. The van der Waals surface area contributed by atoms with E-state index in [-0.39, 0.29) is 12.3 Å². The summed E-state index contributed by atoms with van der Waals surface area (Å²) in [5.74, 6) is 0.640. The monoisotopic (exact) mass is 329 g/mol. The number of methoxy groups -OCH3 is 1. The fraction of sp³-hybridized carbons (Fsp3) is 0.125. The molecule has 2 rings (SSSR count). The van der Waals surface area contributed by atoms with E-state index in [0.717, 1.165) is 11.3 Å². The standard InChI is InChI=1S/C16H15N3O5/c1-23-14-6-2-12(3-7-14)10-17-18-16(20)11-24-15-8-4-13(5-9-15)19(21)22/h2-10H,11H2,1H3,(H,18,20)/b17-10+. The molecule has 1 amide bonds. The number of nitro groups is 1. The molecule has 8 heteroatoms. The van der Waals surface area contributed by atoms with Crippen LogP contribution in [0, 0.1) is 10.1 Å². The molecule has 0 heterocycles. The second kappa shape index (κ2) is 8.28. The Hall–Kier alpha value is -3.42. The maximum atomic E-state index is 11.6. The zero-order valence-electron chi connectivity index (χ0n) is 12.8. The second-order valence-corrected chi connectivity index (χ2v) is 4.61. The van der Waals surface area contributed by atoms with Crippen LogP contribution in [0.15, 0.2) is 53.6 Å². The highest BCUT2D eigenvalue weighted by atomic mass is 16.6. The normalized spacial score (nSPS) is 10.4. The highest BCUT2D eigenvalue weighted by Crippen LogP contribution is 2.17. The van der Waals surface area contributed by atoms with E-state index < -0.39 is 10.8 Å². The van der Waals surface area contributed by atoms with Crippen molar-refractivity contribution in [2.24, 2.45) is 5.10 Å². The minimum atomic E-state index is -0.510. The third kappa shape index (κ3) is 5.09. The van der Waals surface area contributed by atoms with E-state index in [9.17, 15) is 14.9 Å². The van der Waals surface area contributed by atoms with Crippen molar-refractivity contribution in [2.75, 3.05) is 13.7 Å². The van der Waals surface area contributed by atoms with Crippen molar-refractivity contribution in [2.45, 2.75) is 0 Å². The summed E-state index contributed by atoms with van der Waals surface area (Å²) in [7, 11) is 1.58. The van der Waals surface area contributed by atoms with Gasteiger partial charge in [0.05, 0.1) is 18.2 Å². The Morgan fingerprint density at radius 2 is 1.79 bits per heavy atom. The number of nitrogens with zero attached hydrogens (tertiary/aromatic N) is 2. The molecule has 24 heavy (non-hydrogen) atoms. The summed E-state index contributed by atoms with van der Waals surface area (Å²) in [5, 5.41) is 14.3. The maximum absolute atomic E-state index is 11.6. The van der Waals surface area contributed by atoms with Gasteiger partial charge >= 0.3 is 0 Å². The first-order valence-corrected chi connectivity index (χ1v) is 6.91. The minimum Gasteiger partial charge on any atom is -0.497 e. The van der Waals surface area contributed by atoms with Gasteiger partial charge in [0.2, 0.25) is 0 Å². The number of hydrogen-bond acceptors (Lipinski definition) is 6.